The van der Waals surface area contributed by atoms with Crippen molar-refractivity contribution < 1.29 is 0 Å². The topological polar surface area (TPSA) is 3.24 Å². The van der Waals surface area contributed by atoms with E-state index in [0.29, 0.717) is 0 Å². The van der Waals surface area contributed by atoms with Crippen LogP contribution in [0.2, 0.25) is 0 Å². The fourth-order valence-electron chi connectivity index (χ4n) is 1.95. The first-order valence-electron chi connectivity index (χ1n) is 5.37. The van der Waals surface area contributed by atoms with Gasteiger partial charge in [-0.15, -0.1) is 0 Å². The molecule has 0 N–H and O–H groups in total. The molecule has 3 heteroatoms. The van der Waals surface area contributed by atoms with Gasteiger partial charge in [0.2, 0.25) is 0 Å². The smallest absolute Gasteiger partial charge is 0.0378 e. The van der Waals surface area contributed by atoms with Crippen LogP contribution < -0.4 is 4.90 Å². The quantitative estimate of drug-likeness (QED) is 0.658. The van der Waals surface area contributed by atoms with Crippen LogP contribution in [-0.2, 0) is 0 Å². The van der Waals surface area contributed by atoms with Gasteiger partial charge in [0.1, 0.15) is 0 Å². The van der Waals surface area contributed by atoms with Gasteiger partial charge in [-0.25, -0.2) is 0 Å². The van der Waals surface area contributed by atoms with Gasteiger partial charge in [-0.1, -0.05) is 6.92 Å². The summed E-state index contributed by atoms with van der Waals surface area (Å²) in [5.74, 6) is 0.897. The number of hydrogen-bond acceptors (Lipinski definition) is 1. The molecule has 0 radical (unpaired) electrons. The maximum atomic E-state index is 3.59. The van der Waals surface area contributed by atoms with Crippen LogP contribution in [0.15, 0.2) is 22.7 Å². The third-order valence-corrected chi connectivity index (χ3v) is 5.39. The fraction of sp³-hybridized carbons (Fsp3) is 0.500. The second kappa shape index (κ2) is 5.04. The molecule has 1 aromatic rings. The minimum atomic E-state index is 0.897. The Morgan fingerprint density at radius 2 is 2.00 bits per heavy atom. The first-order chi connectivity index (χ1) is 7.16. The van der Waals surface area contributed by atoms with E-state index in [2.05, 4.69) is 68.5 Å². The van der Waals surface area contributed by atoms with Crippen molar-refractivity contribution in [1.29, 1.82) is 0 Å². The molecule has 1 nitrogen and oxygen atoms in total. The van der Waals surface area contributed by atoms with E-state index in [1.165, 1.54) is 39.7 Å². The van der Waals surface area contributed by atoms with E-state index in [1.54, 1.807) is 0 Å². The Labute approximate surface area is 114 Å². The van der Waals surface area contributed by atoms with Crippen molar-refractivity contribution >= 4 is 44.2 Å². The van der Waals surface area contributed by atoms with Crippen LogP contribution in [0.25, 0.3) is 0 Å². The Morgan fingerprint density at radius 1 is 1.33 bits per heavy atom. The molecule has 1 aliphatic rings. The van der Waals surface area contributed by atoms with Crippen molar-refractivity contribution in [3.63, 3.8) is 0 Å². The summed E-state index contributed by atoms with van der Waals surface area (Å²) in [6.45, 7) is 4.75. The van der Waals surface area contributed by atoms with E-state index in [1.807, 2.05) is 0 Å². The molecule has 0 amide bonds. The molecular weight excluding hydrogens is 365 g/mol. The Morgan fingerprint density at radius 3 is 2.60 bits per heavy atom. The molecule has 1 heterocycles. The van der Waals surface area contributed by atoms with Crippen molar-refractivity contribution in [1.82, 2.24) is 0 Å². The second-order valence-corrected chi connectivity index (χ2v) is 6.28. The molecule has 0 bridgehead atoms. The van der Waals surface area contributed by atoms with Crippen LogP contribution in [-0.4, -0.2) is 13.1 Å². The van der Waals surface area contributed by atoms with Gasteiger partial charge in [0, 0.05) is 26.8 Å². The molecule has 0 saturated carbocycles. The lowest BCUT2D eigenvalue weighted by molar-refractivity contribution is 0.438. The van der Waals surface area contributed by atoms with Crippen LogP contribution in [0.4, 0.5) is 5.69 Å². The summed E-state index contributed by atoms with van der Waals surface area (Å²) in [5, 5.41) is 0. The van der Waals surface area contributed by atoms with E-state index in [9.17, 15) is 0 Å². The van der Waals surface area contributed by atoms with Crippen LogP contribution in [0.1, 0.15) is 19.8 Å². The summed E-state index contributed by atoms with van der Waals surface area (Å²) in [6, 6.07) is 6.64. The summed E-state index contributed by atoms with van der Waals surface area (Å²) in [5.41, 5.74) is 1.36. The number of halogens is 2. The van der Waals surface area contributed by atoms with E-state index < -0.39 is 0 Å². The van der Waals surface area contributed by atoms with Crippen LogP contribution in [0.3, 0.4) is 0 Å². The zero-order valence-corrected chi connectivity index (χ0v) is 12.6. The van der Waals surface area contributed by atoms with Gasteiger partial charge in [-0.2, -0.15) is 0 Å². The Hall–Kier alpha value is 0.230. The number of anilines is 1. The van der Waals surface area contributed by atoms with Gasteiger partial charge in [-0.3, -0.25) is 0 Å². The summed E-state index contributed by atoms with van der Waals surface area (Å²) in [6.07, 6.45) is 2.65. The fourth-order valence-corrected chi connectivity index (χ4v) is 2.65. The number of piperidine rings is 1. The highest BCUT2D eigenvalue weighted by atomic mass is 127. The number of hydrogen-bond donors (Lipinski definition) is 0. The Balaban J connectivity index is 2.12. The molecule has 1 aliphatic heterocycles. The lowest BCUT2D eigenvalue weighted by Crippen LogP contribution is -2.32. The first-order valence-corrected chi connectivity index (χ1v) is 7.24. The number of benzene rings is 1. The molecule has 1 fully saturated rings. The SMILES string of the molecule is CC1CCN(c2ccc(I)c(Br)c2)CC1. The van der Waals surface area contributed by atoms with Crippen molar-refractivity contribution in [2.24, 2.45) is 5.92 Å². The summed E-state index contributed by atoms with van der Waals surface area (Å²) < 4.78 is 2.49. The van der Waals surface area contributed by atoms with Gasteiger partial charge in [-0.05, 0) is 75.5 Å². The van der Waals surface area contributed by atoms with E-state index in [0.717, 1.165) is 5.92 Å². The lowest BCUT2D eigenvalue weighted by Gasteiger charge is -2.32. The van der Waals surface area contributed by atoms with Gasteiger partial charge in [0.15, 0.2) is 0 Å². The first kappa shape index (κ1) is 11.7. The highest BCUT2D eigenvalue weighted by Gasteiger charge is 2.16. The van der Waals surface area contributed by atoms with Crippen molar-refractivity contribution in [3.8, 4) is 0 Å². The maximum absolute atomic E-state index is 3.59. The van der Waals surface area contributed by atoms with Crippen molar-refractivity contribution in [3.05, 3.63) is 26.2 Å². The molecule has 1 saturated heterocycles. The molecule has 0 aliphatic carbocycles. The van der Waals surface area contributed by atoms with E-state index in [-0.39, 0.29) is 0 Å². The summed E-state index contributed by atoms with van der Waals surface area (Å²) >= 11 is 5.94. The van der Waals surface area contributed by atoms with Gasteiger partial charge >= 0.3 is 0 Å². The molecule has 1 aromatic carbocycles. The largest absolute Gasteiger partial charge is 0.371 e. The van der Waals surface area contributed by atoms with Crippen LogP contribution in [0.5, 0.6) is 0 Å². The third kappa shape index (κ3) is 2.87. The summed E-state index contributed by atoms with van der Waals surface area (Å²) in [4.78, 5) is 2.49. The standard InChI is InChI=1S/C12H15BrIN/c1-9-4-6-15(7-5-9)10-2-3-12(14)11(13)8-10/h2-3,8-9H,4-7H2,1H3. The lowest BCUT2D eigenvalue weighted by atomic mass is 9.99. The zero-order chi connectivity index (χ0) is 10.8. The van der Waals surface area contributed by atoms with Gasteiger partial charge < -0.3 is 4.90 Å². The van der Waals surface area contributed by atoms with E-state index >= 15 is 0 Å². The number of nitrogens with zero attached hydrogens (tertiary/aromatic N) is 1. The second-order valence-electron chi connectivity index (χ2n) is 4.27. The average Bonchev–Trinajstić information content (AvgIpc) is 2.23. The minimum absolute atomic E-state index is 0.897. The van der Waals surface area contributed by atoms with Crippen molar-refractivity contribution in [2.75, 3.05) is 18.0 Å². The predicted octanol–water partition coefficient (Wildman–Crippen LogP) is 4.29. The summed E-state index contributed by atoms with van der Waals surface area (Å²) in [7, 11) is 0. The van der Waals surface area contributed by atoms with Gasteiger partial charge in [0.05, 0.1) is 0 Å². The van der Waals surface area contributed by atoms with Crippen LogP contribution >= 0.6 is 38.5 Å². The molecule has 0 aromatic heterocycles. The van der Waals surface area contributed by atoms with E-state index in [4.69, 9.17) is 0 Å². The molecular formula is C12H15BrIN. The molecule has 0 unspecified atom stereocenters. The highest BCUT2D eigenvalue weighted by molar-refractivity contribution is 14.1. The molecule has 82 valence electrons. The Kier molecular flexibility index (Phi) is 3.93. The third-order valence-electron chi connectivity index (χ3n) is 3.05. The van der Waals surface area contributed by atoms with Gasteiger partial charge in [0.25, 0.3) is 0 Å². The maximum Gasteiger partial charge on any atom is 0.0378 e. The Bertz CT molecular complexity index is 345. The molecule has 15 heavy (non-hydrogen) atoms. The molecule has 2 rings (SSSR count). The number of rotatable bonds is 1. The predicted molar refractivity (Wildman–Crippen MR) is 77.5 cm³/mol. The molecule has 0 spiro atoms. The van der Waals surface area contributed by atoms with Crippen LogP contribution in [0, 0.1) is 9.49 Å². The highest BCUT2D eigenvalue weighted by Crippen LogP contribution is 2.28. The van der Waals surface area contributed by atoms with Crippen molar-refractivity contribution in [2.45, 2.75) is 19.8 Å². The molecule has 0 atom stereocenters. The zero-order valence-electron chi connectivity index (χ0n) is 8.84. The normalized spacial score (nSPS) is 18.2. The monoisotopic (exact) mass is 379 g/mol. The average molecular weight is 380 g/mol. The minimum Gasteiger partial charge on any atom is -0.371 e.